The largest absolute Gasteiger partial charge is 0.371 e. The molecule has 1 fully saturated rings. The molecule has 1 amide bonds. The second kappa shape index (κ2) is 8.43. The summed E-state index contributed by atoms with van der Waals surface area (Å²) in [5.74, 6) is 1.26. The SMILES string of the molecule is CCSc1ccccc1NC(=O)C1CCN(c2ccc(C)cc2)CC1. The predicted molar refractivity (Wildman–Crippen MR) is 108 cm³/mol. The second-order valence-corrected chi connectivity index (χ2v) is 7.82. The number of thioether (sulfide) groups is 1. The fourth-order valence-electron chi connectivity index (χ4n) is 3.24. The van der Waals surface area contributed by atoms with Crippen molar-refractivity contribution in [2.24, 2.45) is 5.92 Å². The molecule has 0 aromatic heterocycles. The Morgan fingerprint density at radius 3 is 2.48 bits per heavy atom. The predicted octanol–water partition coefficient (Wildman–Crippen LogP) is 4.96. The van der Waals surface area contributed by atoms with E-state index in [-0.39, 0.29) is 11.8 Å². The van der Waals surface area contributed by atoms with Crippen molar-refractivity contribution in [1.82, 2.24) is 0 Å². The summed E-state index contributed by atoms with van der Waals surface area (Å²) in [6.07, 6.45) is 1.81. The maximum absolute atomic E-state index is 12.7. The van der Waals surface area contributed by atoms with E-state index in [4.69, 9.17) is 0 Å². The first-order chi connectivity index (χ1) is 12.2. The highest BCUT2D eigenvalue weighted by Crippen LogP contribution is 2.29. The van der Waals surface area contributed by atoms with Gasteiger partial charge in [0.05, 0.1) is 5.69 Å². The van der Waals surface area contributed by atoms with Gasteiger partial charge in [0.15, 0.2) is 0 Å². The van der Waals surface area contributed by atoms with Crippen LogP contribution in [0.3, 0.4) is 0 Å². The molecule has 1 saturated heterocycles. The minimum atomic E-state index is 0.0985. The Morgan fingerprint density at radius 1 is 1.12 bits per heavy atom. The van der Waals surface area contributed by atoms with Crippen LogP contribution in [0.5, 0.6) is 0 Å². The van der Waals surface area contributed by atoms with Gasteiger partial charge < -0.3 is 10.2 Å². The van der Waals surface area contributed by atoms with E-state index in [1.165, 1.54) is 11.3 Å². The van der Waals surface area contributed by atoms with Crippen LogP contribution in [0.1, 0.15) is 25.3 Å². The summed E-state index contributed by atoms with van der Waals surface area (Å²) >= 11 is 1.77. The number of carbonyl (C=O) groups excluding carboxylic acids is 1. The van der Waals surface area contributed by atoms with Crippen LogP contribution >= 0.6 is 11.8 Å². The molecule has 3 rings (SSSR count). The number of nitrogens with one attached hydrogen (secondary N) is 1. The second-order valence-electron chi connectivity index (χ2n) is 6.52. The van der Waals surface area contributed by atoms with E-state index in [0.717, 1.165) is 42.3 Å². The summed E-state index contributed by atoms with van der Waals surface area (Å²) in [6, 6.07) is 16.7. The van der Waals surface area contributed by atoms with Crippen molar-refractivity contribution < 1.29 is 4.79 Å². The zero-order valence-corrected chi connectivity index (χ0v) is 15.8. The summed E-state index contributed by atoms with van der Waals surface area (Å²) in [5, 5.41) is 3.15. The number of rotatable bonds is 5. The highest BCUT2D eigenvalue weighted by atomic mass is 32.2. The number of piperidine rings is 1. The fraction of sp³-hybridized carbons (Fsp3) is 0.381. The monoisotopic (exact) mass is 354 g/mol. The molecule has 1 aliphatic rings. The molecule has 0 atom stereocenters. The molecule has 25 heavy (non-hydrogen) atoms. The smallest absolute Gasteiger partial charge is 0.227 e. The van der Waals surface area contributed by atoms with Crippen LogP contribution in [0.25, 0.3) is 0 Å². The van der Waals surface area contributed by atoms with Crippen molar-refractivity contribution in [2.45, 2.75) is 31.6 Å². The van der Waals surface area contributed by atoms with E-state index in [9.17, 15) is 4.79 Å². The zero-order chi connectivity index (χ0) is 17.6. The van der Waals surface area contributed by atoms with Gasteiger partial charge in [0.25, 0.3) is 0 Å². The van der Waals surface area contributed by atoms with Crippen molar-refractivity contribution in [3.8, 4) is 0 Å². The third-order valence-corrected chi connectivity index (χ3v) is 5.67. The van der Waals surface area contributed by atoms with Gasteiger partial charge in [0.2, 0.25) is 5.91 Å². The lowest BCUT2D eigenvalue weighted by atomic mass is 9.95. The van der Waals surface area contributed by atoms with Crippen LogP contribution in [-0.2, 0) is 4.79 Å². The highest BCUT2D eigenvalue weighted by molar-refractivity contribution is 7.99. The van der Waals surface area contributed by atoms with Gasteiger partial charge in [-0.25, -0.2) is 0 Å². The summed E-state index contributed by atoms with van der Waals surface area (Å²) in [6.45, 7) is 6.11. The number of para-hydroxylation sites is 1. The molecule has 0 aliphatic carbocycles. The topological polar surface area (TPSA) is 32.3 Å². The Kier molecular flexibility index (Phi) is 6.03. The first kappa shape index (κ1) is 17.9. The van der Waals surface area contributed by atoms with E-state index in [0.29, 0.717) is 0 Å². The lowest BCUT2D eigenvalue weighted by Crippen LogP contribution is -2.38. The summed E-state index contributed by atoms with van der Waals surface area (Å²) in [4.78, 5) is 16.2. The minimum Gasteiger partial charge on any atom is -0.371 e. The van der Waals surface area contributed by atoms with Crippen molar-refractivity contribution in [2.75, 3.05) is 29.1 Å². The van der Waals surface area contributed by atoms with Crippen molar-refractivity contribution >= 4 is 29.0 Å². The maximum Gasteiger partial charge on any atom is 0.227 e. The molecule has 0 spiro atoms. The normalized spacial score (nSPS) is 15.2. The molecule has 0 radical (unpaired) electrons. The Balaban J connectivity index is 1.57. The molecule has 2 aromatic carbocycles. The van der Waals surface area contributed by atoms with Gasteiger partial charge in [-0.15, -0.1) is 11.8 Å². The maximum atomic E-state index is 12.7. The van der Waals surface area contributed by atoms with Crippen LogP contribution in [0.15, 0.2) is 53.4 Å². The molecular weight excluding hydrogens is 328 g/mol. The quantitative estimate of drug-likeness (QED) is 0.770. The number of hydrogen-bond donors (Lipinski definition) is 1. The van der Waals surface area contributed by atoms with Gasteiger partial charge in [0, 0.05) is 29.6 Å². The summed E-state index contributed by atoms with van der Waals surface area (Å²) < 4.78 is 0. The van der Waals surface area contributed by atoms with Crippen LogP contribution in [0.4, 0.5) is 11.4 Å². The average molecular weight is 355 g/mol. The third-order valence-electron chi connectivity index (χ3n) is 4.71. The number of aryl methyl sites for hydroxylation is 1. The van der Waals surface area contributed by atoms with Crippen LogP contribution in [0.2, 0.25) is 0 Å². The highest BCUT2D eigenvalue weighted by Gasteiger charge is 2.25. The Bertz CT molecular complexity index is 706. The Labute approximate surface area is 154 Å². The molecule has 4 heteroatoms. The summed E-state index contributed by atoms with van der Waals surface area (Å²) in [7, 11) is 0. The van der Waals surface area contributed by atoms with Gasteiger partial charge in [-0.2, -0.15) is 0 Å². The van der Waals surface area contributed by atoms with E-state index in [1.807, 2.05) is 18.2 Å². The van der Waals surface area contributed by atoms with E-state index >= 15 is 0 Å². The first-order valence-corrected chi connectivity index (χ1v) is 10.00. The molecule has 1 heterocycles. The molecule has 0 bridgehead atoms. The number of hydrogen-bond acceptors (Lipinski definition) is 3. The van der Waals surface area contributed by atoms with Gasteiger partial charge >= 0.3 is 0 Å². The van der Waals surface area contributed by atoms with Gasteiger partial charge in [-0.1, -0.05) is 36.8 Å². The number of nitrogens with zero attached hydrogens (tertiary/aromatic N) is 1. The lowest BCUT2D eigenvalue weighted by Gasteiger charge is -2.33. The molecule has 132 valence electrons. The standard InChI is InChI=1S/C21H26N2OS/c1-3-25-20-7-5-4-6-19(20)22-21(24)17-12-14-23(15-13-17)18-10-8-16(2)9-11-18/h4-11,17H,3,12-15H2,1-2H3,(H,22,24). The summed E-state index contributed by atoms with van der Waals surface area (Å²) in [5.41, 5.74) is 3.48. The van der Waals surface area contributed by atoms with Gasteiger partial charge in [-0.3, -0.25) is 4.79 Å². The molecule has 1 N–H and O–H groups in total. The van der Waals surface area contributed by atoms with Gasteiger partial charge in [-0.05, 0) is 49.8 Å². The van der Waals surface area contributed by atoms with E-state index in [2.05, 4.69) is 54.4 Å². The molecule has 0 saturated carbocycles. The lowest BCUT2D eigenvalue weighted by molar-refractivity contribution is -0.120. The zero-order valence-electron chi connectivity index (χ0n) is 15.0. The molecular formula is C21H26N2OS. The number of carbonyl (C=O) groups is 1. The van der Waals surface area contributed by atoms with Gasteiger partial charge in [0.1, 0.15) is 0 Å². The van der Waals surface area contributed by atoms with E-state index < -0.39 is 0 Å². The van der Waals surface area contributed by atoms with Crippen LogP contribution in [-0.4, -0.2) is 24.7 Å². The van der Waals surface area contributed by atoms with E-state index in [1.54, 1.807) is 11.8 Å². The van der Waals surface area contributed by atoms with Crippen LogP contribution < -0.4 is 10.2 Å². The molecule has 3 nitrogen and oxygen atoms in total. The number of benzene rings is 2. The minimum absolute atomic E-state index is 0.0985. The first-order valence-electron chi connectivity index (χ1n) is 9.01. The Morgan fingerprint density at radius 2 is 1.80 bits per heavy atom. The third kappa shape index (κ3) is 4.57. The van der Waals surface area contributed by atoms with Crippen molar-refractivity contribution in [1.29, 1.82) is 0 Å². The molecule has 0 unspecified atom stereocenters. The number of anilines is 2. The average Bonchev–Trinajstić information content (AvgIpc) is 2.64. The van der Waals surface area contributed by atoms with Crippen LogP contribution in [0, 0.1) is 12.8 Å². The molecule has 1 aliphatic heterocycles. The number of amides is 1. The fourth-order valence-corrected chi connectivity index (χ4v) is 4.00. The van der Waals surface area contributed by atoms with Crippen molar-refractivity contribution in [3.63, 3.8) is 0 Å². The molecule has 2 aromatic rings. The van der Waals surface area contributed by atoms with Crippen molar-refractivity contribution in [3.05, 3.63) is 54.1 Å². The Hall–Kier alpha value is -1.94.